The second-order valence-electron chi connectivity index (χ2n) is 2.36. The fourth-order valence-electron chi connectivity index (χ4n) is 0.762. The molecule has 0 radical (unpaired) electrons. The zero-order valence-electron chi connectivity index (χ0n) is 6.31. The molecule has 0 aromatic carbocycles. The normalized spacial score (nSPS) is 10.8. The second kappa shape index (κ2) is 3.00. The number of hydrogen-bond acceptors (Lipinski definition) is 2. The van der Waals surface area contributed by atoms with Crippen molar-refractivity contribution < 1.29 is 13.2 Å². The fourth-order valence-corrected chi connectivity index (χ4v) is 0.762. The Morgan fingerprint density at radius 1 is 1.50 bits per heavy atom. The first-order chi connectivity index (χ1) is 5.52. The quantitative estimate of drug-likeness (QED) is 0.711. The SMILES string of the molecule is Cc1cc(F)c(C(F)F)nc1N. The number of halogens is 3. The Kier molecular flexibility index (Phi) is 2.21. The molecule has 1 rings (SSSR count). The summed E-state index contributed by atoms with van der Waals surface area (Å²) in [7, 11) is 0. The maximum Gasteiger partial charge on any atom is 0.283 e. The van der Waals surface area contributed by atoms with Gasteiger partial charge in [-0.2, -0.15) is 0 Å². The molecule has 0 aliphatic heterocycles. The first-order valence-corrected chi connectivity index (χ1v) is 3.23. The molecule has 0 spiro atoms. The maximum atomic E-state index is 12.7. The zero-order valence-corrected chi connectivity index (χ0v) is 6.31. The number of alkyl halides is 2. The molecule has 0 saturated heterocycles. The van der Waals surface area contributed by atoms with Crippen molar-refractivity contribution in [2.75, 3.05) is 5.73 Å². The molecule has 1 aromatic heterocycles. The summed E-state index contributed by atoms with van der Waals surface area (Å²) in [6, 6.07) is 0.948. The van der Waals surface area contributed by atoms with Crippen molar-refractivity contribution in [1.29, 1.82) is 0 Å². The molecule has 0 bridgehead atoms. The van der Waals surface area contributed by atoms with Crippen LogP contribution in [0.1, 0.15) is 17.7 Å². The van der Waals surface area contributed by atoms with E-state index in [0.717, 1.165) is 6.07 Å². The summed E-state index contributed by atoms with van der Waals surface area (Å²) in [6.07, 6.45) is -2.92. The number of pyridine rings is 1. The van der Waals surface area contributed by atoms with Crippen LogP contribution in [0.4, 0.5) is 19.0 Å². The molecule has 66 valence electrons. The van der Waals surface area contributed by atoms with Gasteiger partial charge in [-0.15, -0.1) is 0 Å². The molecule has 0 aliphatic carbocycles. The van der Waals surface area contributed by atoms with Gasteiger partial charge < -0.3 is 5.73 Å². The molecular formula is C7H7F3N2. The number of nitrogens with two attached hydrogens (primary N) is 1. The third-order valence-corrected chi connectivity index (χ3v) is 1.44. The molecule has 0 unspecified atom stereocenters. The van der Waals surface area contributed by atoms with Gasteiger partial charge in [0.05, 0.1) is 0 Å². The molecule has 0 atom stereocenters. The fraction of sp³-hybridized carbons (Fsp3) is 0.286. The Bertz CT molecular complexity index is 299. The van der Waals surface area contributed by atoms with Crippen molar-refractivity contribution >= 4 is 5.82 Å². The Labute approximate surface area is 67.2 Å². The topological polar surface area (TPSA) is 38.9 Å². The van der Waals surface area contributed by atoms with Crippen LogP contribution in [-0.2, 0) is 0 Å². The lowest BCUT2D eigenvalue weighted by atomic mass is 10.2. The molecule has 1 heterocycles. The molecule has 0 aliphatic rings. The first kappa shape index (κ1) is 8.83. The summed E-state index contributed by atoms with van der Waals surface area (Å²) in [5.74, 6) is -1.08. The van der Waals surface area contributed by atoms with Gasteiger partial charge >= 0.3 is 0 Å². The lowest BCUT2D eigenvalue weighted by molar-refractivity contribution is 0.140. The van der Waals surface area contributed by atoms with Crippen LogP contribution in [0.2, 0.25) is 0 Å². The third-order valence-electron chi connectivity index (χ3n) is 1.44. The van der Waals surface area contributed by atoms with Crippen LogP contribution in [-0.4, -0.2) is 4.98 Å². The van der Waals surface area contributed by atoms with Crippen LogP contribution in [0, 0.1) is 12.7 Å². The minimum Gasteiger partial charge on any atom is -0.383 e. The van der Waals surface area contributed by atoms with Crippen LogP contribution in [0.3, 0.4) is 0 Å². The van der Waals surface area contributed by atoms with Gasteiger partial charge in [0.1, 0.15) is 11.5 Å². The van der Waals surface area contributed by atoms with Crippen LogP contribution in [0.25, 0.3) is 0 Å². The minimum absolute atomic E-state index is 0.0632. The number of rotatable bonds is 1. The predicted molar refractivity (Wildman–Crippen MR) is 38.3 cm³/mol. The molecular weight excluding hydrogens is 169 g/mol. The van der Waals surface area contributed by atoms with Crippen molar-refractivity contribution in [3.63, 3.8) is 0 Å². The zero-order chi connectivity index (χ0) is 9.30. The van der Waals surface area contributed by atoms with Gasteiger partial charge in [-0.05, 0) is 18.6 Å². The maximum absolute atomic E-state index is 12.7. The monoisotopic (exact) mass is 176 g/mol. The molecule has 5 heteroatoms. The number of nitrogen functional groups attached to an aromatic ring is 1. The molecule has 0 amide bonds. The van der Waals surface area contributed by atoms with E-state index in [9.17, 15) is 13.2 Å². The van der Waals surface area contributed by atoms with Crippen molar-refractivity contribution in [2.45, 2.75) is 13.3 Å². The number of aromatic nitrogens is 1. The molecule has 0 fully saturated rings. The minimum atomic E-state index is -2.92. The summed E-state index contributed by atoms with van der Waals surface area (Å²) >= 11 is 0. The summed E-state index contributed by atoms with van der Waals surface area (Å²) in [4.78, 5) is 3.22. The van der Waals surface area contributed by atoms with Gasteiger partial charge in [0.15, 0.2) is 5.82 Å². The van der Waals surface area contributed by atoms with Crippen LogP contribution < -0.4 is 5.73 Å². The second-order valence-corrected chi connectivity index (χ2v) is 2.36. The van der Waals surface area contributed by atoms with Crippen molar-refractivity contribution in [1.82, 2.24) is 4.98 Å². The highest BCUT2D eigenvalue weighted by Gasteiger charge is 2.16. The van der Waals surface area contributed by atoms with Crippen LogP contribution >= 0.6 is 0 Å². The van der Waals surface area contributed by atoms with E-state index in [1.165, 1.54) is 6.92 Å². The van der Waals surface area contributed by atoms with E-state index in [1.54, 1.807) is 0 Å². The van der Waals surface area contributed by atoms with Crippen molar-refractivity contribution in [3.8, 4) is 0 Å². The van der Waals surface area contributed by atoms with E-state index in [1.807, 2.05) is 0 Å². The van der Waals surface area contributed by atoms with Crippen molar-refractivity contribution in [2.24, 2.45) is 0 Å². The summed E-state index contributed by atoms with van der Waals surface area (Å²) < 4.78 is 36.6. The first-order valence-electron chi connectivity index (χ1n) is 3.23. The summed E-state index contributed by atoms with van der Waals surface area (Å²) in [5.41, 5.74) is 4.68. The van der Waals surface area contributed by atoms with Crippen LogP contribution in [0.5, 0.6) is 0 Å². The highest BCUT2D eigenvalue weighted by atomic mass is 19.3. The van der Waals surface area contributed by atoms with Gasteiger partial charge in [-0.25, -0.2) is 18.2 Å². The average molecular weight is 176 g/mol. The highest BCUT2D eigenvalue weighted by molar-refractivity contribution is 5.39. The summed E-state index contributed by atoms with van der Waals surface area (Å²) in [5, 5.41) is 0. The summed E-state index contributed by atoms with van der Waals surface area (Å²) in [6.45, 7) is 1.50. The third kappa shape index (κ3) is 1.49. The molecule has 1 aromatic rings. The number of anilines is 1. The smallest absolute Gasteiger partial charge is 0.283 e. The number of hydrogen-bond donors (Lipinski definition) is 1. The Balaban J connectivity index is 3.23. The number of nitrogens with zero attached hydrogens (tertiary/aromatic N) is 1. The number of aryl methyl sites for hydroxylation is 1. The predicted octanol–water partition coefficient (Wildman–Crippen LogP) is 2.05. The Morgan fingerprint density at radius 2 is 2.08 bits per heavy atom. The Hall–Kier alpha value is -1.26. The van der Waals surface area contributed by atoms with Gasteiger partial charge in [-0.3, -0.25) is 0 Å². The largest absolute Gasteiger partial charge is 0.383 e. The standard InChI is InChI=1S/C7H7F3N2/c1-3-2-4(8)5(6(9)10)12-7(3)11/h2,6H,1H3,(H2,11,12). The lowest BCUT2D eigenvalue weighted by Crippen LogP contribution is -2.02. The van der Waals surface area contributed by atoms with Gasteiger partial charge in [-0.1, -0.05) is 0 Å². The lowest BCUT2D eigenvalue weighted by Gasteiger charge is -2.04. The Morgan fingerprint density at radius 3 is 2.58 bits per heavy atom. The van der Waals surface area contributed by atoms with E-state index in [2.05, 4.69) is 4.98 Å². The molecule has 12 heavy (non-hydrogen) atoms. The average Bonchev–Trinajstić information content (AvgIpc) is 1.96. The molecule has 2 nitrogen and oxygen atoms in total. The molecule has 2 N–H and O–H groups in total. The highest BCUT2D eigenvalue weighted by Crippen LogP contribution is 2.22. The van der Waals surface area contributed by atoms with E-state index >= 15 is 0 Å². The van der Waals surface area contributed by atoms with Gasteiger partial charge in [0, 0.05) is 0 Å². The van der Waals surface area contributed by atoms with Gasteiger partial charge in [0.25, 0.3) is 6.43 Å². The van der Waals surface area contributed by atoms with E-state index in [0.29, 0.717) is 5.56 Å². The van der Waals surface area contributed by atoms with E-state index in [4.69, 9.17) is 5.73 Å². The van der Waals surface area contributed by atoms with E-state index < -0.39 is 17.9 Å². The van der Waals surface area contributed by atoms with Crippen molar-refractivity contribution in [3.05, 3.63) is 23.1 Å². The van der Waals surface area contributed by atoms with Gasteiger partial charge in [0.2, 0.25) is 0 Å². The van der Waals surface area contributed by atoms with E-state index in [-0.39, 0.29) is 5.82 Å². The van der Waals surface area contributed by atoms with Crippen LogP contribution in [0.15, 0.2) is 6.07 Å². The molecule has 0 saturated carbocycles.